The summed E-state index contributed by atoms with van der Waals surface area (Å²) in [7, 11) is 1.89. The number of imidazole rings is 1. The van der Waals surface area contributed by atoms with Gasteiger partial charge in [-0.05, 0) is 0 Å². The normalized spacial score (nSPS) is 10.2. The maximum absolute atomic E-state index is 10.9. The molecule has 2 rings (SSSR count). The van der Waals surface area contributed by atoms with E-state index in [9.17, 15) is 4.79 Å². The molecule has 2 aromatic heterocycles. The van der Waals surface area contributed by atoms with Crippen LogP contribution in [-0.2, 0) is 13.6 Å². The van der Waals surface area contributed by atoms with Crippen LogP contribution in [0.3, 0.4) is 0 Å². The maximum Gasteiger partial charge on any atom is 0.156 e. The molecule has 2 heterocycles. The Morgan fingerprint density at radius 3 is 2.94 bits per heavy atom. The van der Waals surface area contributed by atoms with E-state index in [1.807, 2.05) is 17.8 Å². The van der Waals surface area contributed by atoms with Crippen molar-refractivity contribution in [3.8, 4) is 0 Å². The van der Waals surface area contributed by atoms with E-state index in [0.717, 1.165) is 5.82 Å². The number of rotatable bonds is 4. The average molecular weight is 252 g/mol. The number of hydrogen-bond acceptors (Lipinski definition) is 5. The van der Waals surface area contributed by atoms with Crippen LogP contribution in [0.15, 0.2) is 18.7 Å². The van der Waals surface area contributed by atoms with Gasteiger partial charge in [-0.15, -0.1) is 0 Å². The van der Waals surface area contributed by atoms with Gasteiger partial charge < -0.3 is 9.88 Å². The van der Waals surface area contributed by atoms with Crippen molar-refractivity contribution in [2.24, 2.45) is 7.05 Å². The molecule has 0 unspecified atom stereocenters. The Bertz CT molecular complexity index is 539. The molecule has 6 nitrogen and oxygen atoms in total. The van der Waals surface area contributed by atoms with E-state index in [1.54, 1.807) is 6.20 Å². The zero-order chi connectivity index (χ0) is 12.3. The number of carbonyl (C=O) groups is 1. The highest BCUT2D eigenvalue weighted by Crippen LogP contribution is 2.17. The van der Waals surface area contributed by atoms with E-state index in [1.165, 1.54) is 6.33 Å². The topological polar surface area (TPSA) is 72.7 Å². The van der Waals surface area contributed by atoms with Crippen LogP contribution in [0.2, 0.25) is 5.15 Å². The lowest BCUT2D eigenvalue weighted by Crippen LogP contribution is -2.09. The first-order valence-electron chi connectivity index (χ1n) is 4.88. The Labute approximate surface area is 103 Å². The summed E-state index contributed by atoms with van der Waals surface area (Å²) >= 11 is 5.78. The van der Waals surface area contributed by atoms with Crippen LogP contribution in [0.25, 0.3) is 0 Å². The Hall–Kier alpha value is -1.95. The average Bonchev–Trinajstić information content (AvgIpc) is 2.72. The van der Waals surface area contributed by atoms with E-state index in [0.29, 0.717) is 18.6 Å². The molecule has 88 valence electrons. The Morgan fingerprint density at radius 2 is 2.29 bits per heavy atom. The summed E-state index contributed by atoms with van der Waals surface area (Å²) in [4.78, 5) is 22.7. The third kappa shape index (κ3) is 2.42. The summed E-state index contributed by atoms with van der Waals surface area (Å²) < 4.78 is 1.87. The molecule has 0 fully saturated rings. The number of hydrogen-bond donors (Lipinski definition) is 1. The molecule has 0 saturated heterocycles. The number of halogens is 1. The molecule has 0 spiro atoms. The molecule has 0 aromatic carbocycles. The number of aryl methyl sites for hydroxylation is 1. The van der Waals surface area contributed by atoms with Gasteiger partial charge in [0.15, 0.2) is 6.29 Å². The monoisotopic (exact) mass is 251 g/mol. The lowest BCUT2D eigenvalue weighted by Gasteiger charge is -2.07. The van der Waals surface area contributed by atoms with E-state index in [-0.39, 0.29) is 10.7 Å². The second-order valence-electron chi connectivity index (χ2n) is 3.35. The van der Waals surface area contributed by atoms with Gasteiger partial charge in [-0.2, -0.15) is 0 Å². The van der Waals surface area contributed by atoms with Crippen LogP contribution in [-0.4, -0.2) is 25.8 Å². The minimum Gasteiger partial charge on any atom is -0.362 e. The lowest BCUT2D eigenvalue weighted by molar-refractivity contribution is 0.112. The highest BCUT2D eigenvalue weighted by molar-refractivity contribution is 6.32. The zero-order valence-corrected chi connectivity index (χ0v) is 9.85. The van der Waals surface area contributed by atoms with Crippen molar-refractivity contribution in [3.05, 3.63) is 35.3 Å². The first-order chi connectivity index (χ1) is 8.22. The van der Waals surface area contributed by atoms with Gasteiger partial charge in [0.1, 0.15) is 23.1 Å². The number of aromatic nitrogens is 4. The standard InChI is InChI=1S/C10H10ClN5O/c1-16-3-2-12-8(16)4-13-10-7(5-17)9(11)14-6-15-10/h2-3,5-6H,4H2,1H3,(H,13,14,15). The van der Waals surface area contributed by atoms with E-state index in [4.69, 9.17) is 11.6 Å². The SMILES string of the molecule is Cn1ccnc1CNc1ncnc(Cl)c1C=O. The van der Waals surface area contributed by atoms with Crippen molar-refractivity contribution in [2.75, 3.05) is 5.32 Å². The summed E-state index contributed by atoms with van der Waals surface area (Å²) in [5.41, 5.74) is 0.253. The molecule has 0 aliphatic carbocycles. The molecular formula is C10H10ClN5O. The van der Waals surface area contributed by atoms with E-state index in [2.05, 4.69) is 20.3 Å². The van der Waals surface area contributed by atoms with Crippen LogP contribution in [0.1, 0.15) is 16.2 Å². The molecule has 0 radical (unpaired) electrons. The van der Waals surface area contributed by atoms with Crippen LogP contribution in [0.4, 0.5) is 5.82 Å². The van der Waals surface area contributed by atoms with Gasteiger partial charge in [0.25, 0.3) is 0 Å². The van der Waals surface area contributed by atoms with Crippen LogP contribution >= 0.6 is 11.6 Å². The fourth-order valence-electron chi connectivity index (χ4n) is 1.35. The smallest absolute Gasteiger partial charge is 0.156 e. The van der Waals surface area contributed by atoms with Crippen molar-refractivity contribution >= 4 is 23.7 Å². The molecule has 1 N–H and O–H groups in total. The third-order valence-corrected chi connectivity index (χ3v) is 2.59. The summed E-state index contributed by atoms with van der Waals surface area (Å²) in [5.74, 6) is 1.24. The third-order valence-electron chi connectivity index (χ3n) is 2.29. The van der Waals surface area contributed by atoms with Crippen LogP contribution < -0.4 is 5.32 Å². The maximum atomic E-state index is 10.9. The summed E-state index contributed by atoms with van der Waals surface area (Å²) in [6.45, 7) is 0.456. The number of nitrogens with one attached hydrogen (secondary N) is 1. The van der Waals surface area contributed by atoms with Crippen molar-refractivity contribution in [1.82, 2.24) is 19.5 Å². The van der Waals surface area contributed by atoms with Crippen LogP contribution in [0.5, 0.6) is 0 Å². The Balaban J connectivity index is 2.17. The Morgan fingerprint density at radius 1 is 1.47 bits per heavy atom. The van der Waals surface area contributed by atoms with Gasteiger partial charge in [-0.3, -0.25) is 4.79 Å². The highest BCUT2D eigenvalue weighted by atomic mass is 35.5. The second-order valence-corrected chi connectivity index (χ2v) is 3.71. The fourth-order valence-corrected chi connectivity index (χ4v) is 1.53. The van der Waals surface area contributed by atoms with E-state index >= 15 is 0 Å². The van der Waals surface area contributed by atoms with Crippen molar-refractivity contribution in [1.29, 1.82) is 0 Å². The number of aldehydes is 1. The van der Waals surface area contributed by atoms with Gasteiger partial charge in [-0.25, -0.2) is 15.0 Å². The molecule has 0 atom stereocenters. The lowest BCUT2D eigenvalue weighted by atomic mass is 10.3. The molecule has 0 saturated carbocycles. The Kier molecular flexibility index (Phi) is 3.34. The van der Waals surface area contributed by atoms with Gasteiger partial charge in [0.05, 0.1) is 12.1 Å². The van der Waals surface area contributed by atoms with Gasteiger partial charge in [0.2, 0.25) is 0 Å². The molecule has 0 bridgehead atoms. The number of anilines is 1. The number of carbonyl (C=O) groups excluding carboxylic acids is 1. The van der Waals surface area contributed by atoms with Crippen LogP contribution in [0, 0.1) is 0 Å². The van der Waals surface area contributed by atoms with Crippen molar-refractivity contribution < 1.29 is 4.79 Å². The summed E-state index contributed by atoms with van der Waals surface area (Å²) in [6.07, 6.45) is 5.47. The molecule has 0 aliphatic rings. The first kappa shape index (κ1) is 11.5. The largest absolute Gasteiger partial charge is 0.362 e. The second kappa shape index (κ2) is 4.92. The predicted octanol–water partition coefficient (Wildman–Crippen LogP) is 1.29. The number of nitrogens with zero attached hydrogens (tertiary/aromatic N) is 4. The van der Waals surface area contributed by atoms with E-state index < -0.39 is 0 Å². The predicted molar refractivity (Wildman–Crippen MR) is 63.0 cm³/mol. The van der Waals surface area contributed by atoms with Gasteiger partial charge in [0, 0.05) is 19.4 Å². The summed E-state index contributed by atoms with van der Waals surface area (Å²) in [6, 6.07) is 0. The minimum absolute atomic E-state index is 0.136. The molecule has 0 aliphatic heterocycles. The first-order valence-corrected chi connectivity index (χ1v) is 5.26. The minimum atomic E-state index is 0.136. The zero-order valence-electron chi connectivity index (χ0n) is 9.09. The molecule has 0 amide bonds. The fraction of sp³-hybridized carbons (Fsp3) is 0.200. The molecular weight excluding hydrogens is 242 g/mol. The molecule has 7 heteroatoms. The van der Waals surface area contributed by atoms with Gasteiger partial charge >= 0.3 is 0 Å². The van der Waals surface area contributed by atoms with Gasteiger partial charge in [-0.1, -0.05) is 11.6 Å². The van der Waals surface area contributed by atoms with Crippen molar-refractivity contribution in [2.45, 2.75) is 6.54 Å². The summed E-state index contributed by atoms with van der Waals surface area (Å²) in [5, 5.41) is 3.13. The highest BCUT2D eigenvalue weighted by Gasteiger charge is 2.09. The van der Waals surface area contributed by atoms with Crippen molar-refractivity contribution in [3.63, 3.8) is 0 Å². The molecule has 17 heavy (non-hydrogen) atoms. The quantitative estimate of drug-likeness (QED) is 0.655. The molecule has 2 aromatic rings.